The van der Waals surface area contributed by atoms with E-state index in [9.17, 15) is 0 Å². The van der Waals surface area contributed by atoms with Crippen molar-refractivity contribution in [1.29, 1.82) is 0 Å². The van der Waals surface area contributed by atoms with Crippen LogP contribution in [0.5, 0.6) is 0 Å². The molecule has 2 heteroatoms. The Hall–Kier alpha value is -1.44. The SMILES string of the molecule is CC1=C(C(C)C)Nc2ccccc2N1. The minimum Gasteiger partial charge on any atom is -0.356 e. The molecule has 2 rings (SSSR count). The van der Waals surface area contributed by atoms with Gasteiger partial charge in [0.1, 0.15) is 0 Å². The summed E-state index contributed by atoms with van der Waals surface area (Å²) in [7, 11) is 0. The molecule has 2 nitrogen and oxygen atoms in total. The van der Waals surface area contributed by atoms with Crippen LogP contribution in [0.1, 0.15) is 20.8 Å². The van der Waals surface area contributed by atoms with Gasteiger partial charge < -0.3 is 10.6 Å². The van der Waals surface area contributed by atoms with Gasteiger partial charge in [0.2, 0.25) is 0 Å². The first-order chi connectivity index (χ1) is 6.68. The summed E-state index contributed by atoms with van der Waals surface area (Å²) in [6.07, 6.45) is 0. The first kappa shape index (κ1) is 9.13. The maximum atomic E-state index is 3.46. The van der Waals surface area contributed by atoms with Gasteiger partial charge in [-0.15, -0.1) is 0 Å². The zero-order valence-electron chi connectivity index (χ0n) is 8.89. The quantitative estimate of drug-likeness (QED) is 0.705. The summed E-state index contributed by atoms with van der Waals surface area (Å²) < 4.78 is 0. The first-order valence-corrected chi connectivity index (χ1v) is 5.02. The fraction of sp³-hybridized carbons (Fsp3) is 0.333. The normalized spacial score (nSPS) is 14.9. The third kappa shape index (κ3) is 1.48. The van der Waals surface area contributed by atoms with Crippen LogP contribution in [0.3, 0.4) is 0 Å². The average molecular weight is 188 g/mol. The minimum absolute atomic E-state index is 0.524. The van der Waals surface area contributed by atoms with Gasteiger partial charge in [0, 0.05) is 11.4 Å². The summed E-state index contributed by atoms with van der Waals surface area (Å²) in [5.74, 6) is 0.524. The number of allylic oxidation sites excluding steroid dienone is 2. The molecule has 0 fully saturated rings. The lowest BCUT2D eigenvalue weighted by Gasteiger charge is -2.26. The van der Waals surface area contributed by atoms with Gasteiger partial charge in [0.25, 0.3) is 0 Å². The van der Waals surface area contributed by atoms with Crippen molar-refractivity contribution in [2.75, 3.05) is 10.6 Å². The predicted molar refractivity (Wildman–Crippen MR) is 61.2 cm³/mol. The van der Waals surface area contributed by atoms with E-state index in [1.165, 1.54) is 17.1 Å². The molecule has 1 heterocycles. The number of para-hydroxylation sites is 2. The smallest absolute Gasteiger partial charge is 0.0621 e. The van der Waals surface area contributed by atoms with E-state index in [0.717, 1.165) is 5.69 Å². The molecule has 0 radical (unpaired) electrons. The molecule has 2 N–H and O–H groups in total. The van der Waals surface area contributed by atoms with Crippen LogP contribution in [-0.2, 0) is 0 Å². The van der Waals surface area contributed by atoms with Crippen molar-refractivity contribution in [3.8, 4) is 0 Å². The Bertz CT molecular complexity index is 378. The standard InChI is InChI=1S/C12H16N2/c1-8(2)12-9(3)13-10-6-4-5-7-11(10)14-12/h4-8,13-14H,1-3H3. The number of hydrogen-bond donors (Lipinski definition) is 2. The highest BCUT2D eigenvalue weighted by Crippen LogP contribution is 2.31. The Morgan fingerprint density at radius 3 is 2.14 bits per heavy atom. The maximum absolute atomic E-state index is 3.46. The highest BCUT2D eigenvalue weighted by atomic mass is 15.0. The Balaban J connectivity index is 2.37. The highest BCUT2D eigenvalue weighted by molar-refractivity contribution is 5.75. The van der Waals surface area contributed by atoms with Gasteiger partial charge in [-0.3, -0.25) is 0 Å². The molecule has 1 aliphatic heterocycles. The van der Waals surface area contributed by atoms with Gasteiger partial charge in [-0.25, -0.2) is 0 Å². The van der Waals surface area contributed by atoms with Gasteiger partial charge >= 0.3 is 0 Å². The van der Waals surface area contributed by atoms with E-state index in [-0.39, 0.29) is 0 Å². The van der Waals surface area contributed by atoms with Crippen molar-refractivity contribution in [2.45, 2.75) is 20.8 Å². The van der Waals surface area contributed by atoms with Crippen LogP contribution in [-0.4, -0.2) is 0 Å². The number of nitrogens with one attached hydrogen (secondary N) is 2. The van der Waals surface area contributed by atoms with Gasteiger partial charge in [0.15, 0.2) is 0 Å². The second-order valence-corrected chi connectivity index (χ2v) is 3.99. The van der Waals surface area contributed by atoms with Crippen molar-refractivity contribution in [2.24, 2.45) is 5.92 Å². The monoisotopic (exact) mass is 188 g/mol. The van der Waals surface area contributed by atoms with Crippen LogP contribution in [0.25, 0.3) is 0 Å². The molecule has 0 saturated carbocycles. The fourth-order valence-electron chi connectivity index (χ4n) is 1.79. The third-order valence-corrected chi connectivity index (χ3v) is 2.50. The predicted octanol–water partition coefficient (Wildman–Crippen LogP) is 3.41. The third-order valence-electron chi connectivity index (χ3n) is 2.50. The molecule has 1 aromatic carbocycles. The summed E-state index contributed by atoms with van der Waals surface area (Å²) >= 11 is 0. The van der Waals surface area contributed by atoms with Crippen molar-refractivity contribution < 1.29 is 0 Å². The van der Waals surface area contributed by atoms with E-state index >= 15 is 0 Å². The van der Waals surface area contributed by atoms with Crippen molar-refractivity contribution in [3.63, 3.8) is 0 Å². The molecule has 1 aliphatic rings. The van der Waals surface area contributed by atoms with Crippen molar-refractivity contribution in [3.05, 3.63) is 35.7 Å². The van der Waals surface area contributed by atoms with Crippen molar-refractivity contribution in [1.82, 2.24) is 0 Å². The molecule has 74 valence electrons. The second kappa shape index (κ2) is 3.37. The van der Waals surface area contributed by atoms with Crippen LogP contribution in [0.2, 0.25) is 0 Å². The van der Waals surface area contributed by atoms with E-state index in [4.69, 9.17) is 0 Å². The molecule has 1 aromatic rings. The van der Waals surface area contributed by atoms with E-state index in [2.05, 4.69) is 43.5 Å². The van der Waals surface area contributed by atoms with Gasteiger partial charge in [-0.1, -0.05) is 26.0 Å². The summed E-state index contributed by atoms with van der Waals surface area (Å²) in [5, 5.41) is 6.87. The zero-order valence-corrected chi connectivity index (χ0v) is 8.89. The number of fused-ring (bicyclic) bond motifs is 1. The number of benzene rings is 1. The lowest BCUT2D eigenvalue weighted by atomic mass is 10.1. The van der Waals surface area contributed by atoms with Crippen LogP contribution in [0.4, 0.5) is 11.4 Å². The number of anilines is 2. The first-order valence-electron chi connectivity index (χ1n) is 5.02. The molecular formula is C12H16N2. The molecule has 14 heavy (non-hydrogen) atoms. The average Bonchev–Trinajstić information content (AvgIpc) is 2.16. The van der Waals surface area contributed by atoms with E-state index in [1.54, 1.807) is 0 Å². The summed E-state index contributed by atoms with van der Waals surface area (Å²) in [6, 6.07) is 8.27. The molecule has 0 bridgehead atoms. The van der Waals surface area contributed by atoms with Crippen LogP contribution < -0.4 is 10.6 Å². The zero-order chi connectivity index (χ0) is 10.1. The summed E-state index contributed by atoms with van der Waals surface area (Å²) in [4.78, 5) is 0. The topological polar surface area (TPSA) is 24.1 Å². The van der Waals surface area contributed by atoms with E-state index in [1.807, 2.05) is 12.1 Å². The summed E-state index contributed by atoms with van der Waals surface area (Å²) in [6.45, 7) is 6.50. The molecule has 0 aliphatic carbocycles. The Kier molecular flexibility index (Phi) is 2.20. The molecule has 0 amide bonds. The van der Waals surface area contributed by atoms with Gasteiger partial charge in [-0.05, 0) is 25.0 Å². The van der Waals surface area contributed by atoms with E-state index < -0.39 is 0 Å². The largest absolute Gasteiger partial charge is 0.356 e. The van der Waals surface area contributed by atoms with Gasteiger partial charge in [-0.2, -0.15) is 0 Å². The van der Waals surface area contributed by atoms with E-state index in [0.29, 0.717) is 5.92 Å². The van der Waals surface area contributed by atoms with Crippen LogP contribution >= 0.6 is 0 Å². The molecule has 0 atom stereocenters. The Labute approximate surface area is 85.0 Å². The highest BCUT2D eigenvalue weighted by Gasteiger charge is 2.15. The Morgan fingerprint density at radius 1 is 1.00 bits per heavy atom. The number of rotatable bonds is 1. The molecule has 0 spiro atoms. The maximum Gasteiger partial charge on any atom is 0.0621 e. The lowest BCUT2D eigenvalue weighted by molar-refractivity contribution is 0.760. The number of hydrogen-bond acceptors (Lipinski definition) is 2. The van der Waals surface area contributed by atoms with Crippen molar-refractivity contribution >= 4 is 11.4 Å². The Morgan fingerprint density at radius 2 is 1.57 bits per heavy atom. The molecule has 0 saturated heterocycles. The van der Waals surface area contributed by atoms with Crippen LogP contribution in [0, 0.1) is 5.92 Å². The van der Waals surface area contributed by atoms with Gasteiger partial charge in [0.05, 0.1) is 11.4 Å². The minimum atomic E-state index is 0.524. The summed E-state index contributed by atoms with van der Waals surface area (Å²) in [5.41, 5.74) is 4.83. The molecular weight excluding hydrogens is 172 g/mol. The van der Waals surface area contributed by atoms with Crippen LogP contribution in [0.15, 0.2) is 35.7 Å². The fourth-order valence-corrected chi connectivity index (χ4v) is 1.79. The molecule has 0 unspecified atom stereocenters. The lowest BCUT2D eigenvalue weighted by Crippen LogP contribution is -2.18. The molecule has 0 aromatic heterocycles. The second-order valence-electron chi connectivity index (χ2n) is 3.99.